The first-order chi connectivity index (χ1) is 9.41. The minimum absolute atomic E-state index is 0.163. The smallest absolute Gasteiger partial charge is 0.305 e. The fourth-order valence-corrected chi connectivity index (χ4v) is 3.36. The summed E-state index contributed by atoms with van der Waals surface area (Å²) >= 11 is 0. The van der Waals surface area contributed by atoms with E-state index in [0.717, 1.165) is 18.7 Å². The molecule has 20 heavy (non-hydrogen) atoms. The van der Waals surface area contributed by atoms with Crippen LogP contribution in [-0.2, 0) is 10.3 Å². The standard InChI is InChI=1S/C17H25NO2/c1-13-9-14(2)11-15(10-13)17(3,12-16(19)20)18-7-5-4-6-8-18/h9-11H,4-8,12H2,1-3H3,(H,19,20). The number of hydrogen-bond donors (Lipinski definition) is 1. The van der Waals surface area contributed by atoms with Crippen molar-refractivity contribution in [2.24, 2.45) is 0 Å². The average molecular weight is 275 g/mol. The fourth-order valence-electron chi connectivity index (χ4n) is 3.36. The lowest BCUT2D eigenvalue weighted by Crippen LogP contribution is -2.48. The van der Waals surface area contributed by atoms with Gasteiger partial charge < -0.3 is 5.11 Å². The van der Waals surface area contributed by atoms with Crippen LogP contribution in [0.3, 0.4) is 0 Å². The van der Waals surface area contributed by atoms with Gasteiger partial charge in [-0.05, 0) is 52.3 Å². The lowest BCUT2D eigenvalue weighted by molar-refractivity contribution is -0.140. The van der Waals surface area contributed by atoms with Crippen molar-refractivity contribution < 1.29 is 9.90 Å². The Kier molecular flexibility index (Phi) is 4.48. The molecule has 1 unspecified atom stereocenters. The van der Waals surface area contributed by atoms with E-state index in [9.17, 15) is 9.90 Å². The Bertz CT molecular complexity index is 472. The van der Waals surface area contributed by atoms with Gasteiger partial charge in [0.15, 0.2) is 0 Å². The Labute approximate surface area is 121 Å². The number of benzene rings is 1. The van der Waals surface area contributed by atoms with E-state index in [0.29, 0.717) is 0 Å². The first-order valence-electron chi connectivity index (χ1n) is 7.47. The van der Waals surface area contributed by atoms with Gasteiger partial charge in [-0.2, -0.15) is 0 Å². The molecule has 0 amide bonds. The van der Waals surface area contributed by atoms with E-state index in [1.54, 1.807) is 0 Å². The molecule has 1 N–H and O–H groups in total. The third-order valence-corrected chi connectivity index (χ3v) is 4.39. The molecule has 0 spiro atoms. The van der Waals surface area contributed by atoms with Crippen molar-refractivity contribution in [1.29, 1.82) is 0 Å². The van der Waals surface area contributed by atoms with Crippen molar-refractivity contribution >= 4 is 5.97 Å². The minimum atomic E-state index is -0.725. The van der Waals surface area contributed by atoms with Crippen LogP contribution in [0.5, 0.6) is 0 Å². The van der Waals surface area contributed by atoms with Crippen LogP contribution < -0.4 is 0 Å². The largest absolute Gasteiger partial charge is 0.481 e. The number of aliphatic carboxylic acids is 1. The molecule has 3 heteroatoms. The summed E-state index contributed by atoms with van der Waals surface area (Å²) in [6.07, 6.45) is 3.75. The van der Waals surface area contributed by atoms with E-state index in [1.807, 2.05) is 0 Å². The zero-order chi connectivity index (χ0) is 14.8. The second-order valence-electron chi connectivity index (χ2n) is 6.27. The highest BCUT2D eigenvalue weighted by Gasteiger charge is 2.36. The summed E-state index contributed by atoms with van der Waals surface area (Å²) in [7, 11) is 0. The van der Waals surface area contributed by atoms with Crippen molar-refractivity contribution in [3.8, 4) is 0 Å². The number of carboxylic acids is 1. The number of piperidine rings is 1. The quantitative estimate of drug-likeness (QED) is 0.914. The van der Waals surface area contributed by atoms with Gasteiger partial charge in [-0.3, -0.25) is 9.69 Å². The van der Waals surface area contributed by atoms with E-state index in [4.69, 9.17) is 0 Å². The maximum Gasteiger partial charge on any atom is 0.305 e. The molecule has 1 aliphatic heterocycles. The van der Waals surface area contributed by atoms with Gasteiger partial charge in [0.1, 0.15) is 0 Å². The number of carboxylic acid groups (broad SMARTS) is 1. The number of rotatable bonds is 4. The molecule has 110 valence electrons. The molecule has 0 bridgehead atoms. The maximum absolute atomic E-state index is 11.4. The van der Waals surface area contributed by atoms with Gasteiger partial charge in [-0.25, -0.2) is 0 Å². The first kappa shape index (κ1) is 15.0. The SMILES string of the molecule is Cc1cc(C)cc(C(C)(CC(=O)O)N2CCCCC2)c1. The zero-order valence-corrected chi connectivity index (χ0v) is 12.8. The number of nitrogens with zero attached hydrogens (tertiary/aromatic N) is 1. The highest BCUT2D eigenvalue weighted by molar-refractivity contribution is 5.69. The van der Waals surface area contributed by atoms with E-state index >= 15 is 0 Å². The highest BCUT2D eigenvalue weighted by atomic mass is 16.4. The second-order valence-corrected chi connectivity index (χ2v) is 6.27. The van der Waals surface area contributed by atoms with Crippen LogP contribution in [0.4, 0.5) is 0 Å². The van der Waals surface area contributed by atoms with Crippen LogP contribution >= 0.6 is 0 Å². The highest BCUT2D eigenvalue weighted by Crippen LogP contribution is 2.35. The minimum Gasteiger partial charge on any atom is -0.481 e. The lowest BCUT2D eigenvalue weighted by atomic mass is 9.83. The summed E-state index contributed by atoms with van der Waals surface area (Å²) < 4.78 is 0. The number of aryl methyl sites for hydroxylation is 2. The Hall–Kier alpha value is -1.35. The molecule has 1 saturated heterocycles. The number of hydrogen-bond acceptors (Lipinski definition) is 2. The van der Waals surface area contributed by atoms with Crippen molar-refractivity contribution in [2.45, 2.75) is 52.0 Å². The van der Waals surface area contributed by atoms with Crippen LogP contribution in [0.1, 0.15) is 49.3 Å². The van der Waals surface area contributed by atoms with Crippen molar-refractivity contribution in [2.75, 3.05) is 13.1 Å². The Balaban J connectivity index is 2.41. The first-order valence-corrected chi connectivity index (χ1v) is 7.47. The third kappa shape index (κ3) is 3.21. The molecule has 0 aromatic heterocycles. The van der Waals surface area contributed by atoms with E-state index in [1.165, 1.54) is 30.4 Å². The summed E-state index contributed by atoms with van der Waals surface area (Å²) in [6, 6.07) is 6.43. The monoisotopic (exact) mass is 275 g/mol. The van der Waals surface area contributed by atoms with Gasteiger partial charge >= 0.3 is 5.97 Å². The summed E-state index contributed by atoms with van der Waals surface area (Å²) in [5.74, 6) is -0.725. The average Bonchev–Trinajstić information content (AvgIpc) is 2.37. The Morgan fingerprint density at radius 1 is 1.15 bits per heavy atom. The molecule has 1 atom stereocenters. The van der Waals surface area contributed by atoms with Crippen LogP contribution in [0.15, 0.2) is 18.2 Å². The molecule has 1 heterocycles. The molecular weight excluding hydrogens is 250 g/mol. The molecule has 1 aromatic carbocycles. The predicted molar refractivity (Wildman–Crippen MR) is 80.9 cm³/mol. The number of carbonyl (C=O) groups is 1. The number of likely N-dealkylation sites (tertiary alicyclic amines) is 1. The van der Waals surface area contributed by atoms with Crippen LogP contribution in [0.25, 0.3) is 0 Å². The van der Waals surface area contributed by atoms with E-state index < -0.39 is 11.5 Å². The van der Waals surface area contributed by atoms with Gasteiger partial charge in [-0.1, -0.05) is 35.7 Å². The fraction of sp³-hybridized carbons (Fsp3) is 0.588. The van der Waals surface area contributed by atoms with E-state index in [-0.39, 0.29) is 6.42 Å². The van der Waals surface area contributed by atoms with Crippen molar-refractivity contribution in [3.63, 3.8) is 0 Å². The molecule has 0 saturated carbocycles. The molecule has 0 aliphatic carbocycles. The summed E-state index contributed by atoms with van der Waals surface area (Å²) in [4.78, 5) is 13.7. The van der Waals surface area contributed by atoms with Crippen LogP contribution in [-0.4, -0.2) is 29.1 Å². The van der Waals surface area contributed by atoms with Gasteiger partial charge in [0, 0.05) is 0 Å². The summed E-state index contributed by atoms with van der Waals surface area (Å²) in [5.41, 5.74) is 3.14. The zero-order valence-electron chi connectivity index (χ0n) is 12.8. The molecular formula is C17H25NO2. The van der Waals surface area contributed by atoms with Crippen LogP contribution in [0.2, 0.25) is 0 Å². The molecule has 1 aliphatic rings. The second kappa shape index (κ2) is 5.96. The van der Waals surface area contributed by atoms with Gasteiger partial charge in [0.2, 0.25) is 0 Å². The topological polar surface area (TPSA) is 40.5 Å². The lowest BCUT2D eigenvalue weighted by Gasteiger charge is -2.43. The Morgan fingerprint density at radius 3 is 2.20 bits per heavy atom. The van der Waals surface area contributed by atoms with E-state index in [2.05, 4.69) is 43.9 Å². The summed E-state index contributed by atoms with van der Waals surface area (Å²) in [6.45, 7) is 8.23. The van der Waals surface area contributed by atoms with Crippen molar-refractivity contribution in [3.05, 3.63) is 34.9 Å². The summed E-state index contributed by atoms with van der Waals surface area (Å²) in [5, 5.41) is 9.35. The van der Waals surface area contributed by atoms with Gasteiger partial charge in [-0.15, -0.1) is 0 Å². The third-order valence-electron chi connectivity index (χ3n) is 4.39. The van der Waals surface area contributed by atoms with Crippen molar-refractivity contribution in [1.82, 2.24) is 4.90 Å². The molecule has 0 radical (unpaired) electrons. The molecule has 3 nitrogen and oxygen atoms in total. The van der Waals surface area contributed by atoms with Gasteiger partial charge in [0.25, 0.3) is 0 Å². The predicted octanol–water partition coefficient (Wildman–Crippen LogP) is 3.48. The molecule has 2 rings (SSSR count). The normalized spacial score (nSPS) is 19.6. The Morgan fingerprint density at radius 2 is 1.70 bits per heavy atom. The molecule has 1 fully saturated rings. The molecule has 1 aromatic rings. The van der Waals surface area contributed by atoms with Gasteiger partial charge in [0.05, 0.1) is 12.0 Å². The maximum atomic E-state index is 11.4. The van der Waals surface area contributed by atoms with Crippen LogP contribution in [0, 0.1) is 13.8 Å².